The van der Waals surface area contributed by atoms with E-state index in [2.05, 4.69) is 15.6 Å². The Morgan fingerprint density at radius 1 is 1.61 bits per heavy atom. The lowest BCUT2D eigenvalue weighted by Gasteiger charge is -2.26. The molecule has 0 radical (unpaired) electrons. The molecule has 0 atom stereocenters. The third-order valence-electron chi connectivity index (χ3n) is 2.63. The second-order valence-electron chi connectivity index (χ2n) is 4.17. The van der Waals surface area contributed by atoms with E-state index in [1.54, 1.807) is 0 Å². The highest BCUT2D eigenvalue weighted by Gasteiger charge is 2.32. The van der Waals surface area contributed by atoms with Crippen molar-refractivity contribution in [2.75, 3.05) is 26.7 Å². The summed E-state index contributed by atoms with van der Waals surface area (Å²) >= 11 is 0. The van der Waals surface area contributed by atoms with Gasteiger partial charge < -0.3 is 10.2 Å². The minimum Gasteiger partial charge on any atom is -0.331 e. The number of aromatic nitrogens is 3. The van der Waals surface area contributed by atoms with Crippen LogP contribution < -0.4 is 5.32 Å². The van der Waals surface area contributed by atoms with Gasteiger partial charge in [-0.15, -0.1) is 5.10 Å². The molecule has 1 amide bonds. The van der Waals surface area contributed by atoms with Gasteiger partial charge in [0, 0.05) is 20.1 Å². The summed E-state index contributed by atoms with van der Waals surface area (Å²) < 4.78 is 37.9. The Morgan fingerprint density at radius 3 is 2.78 bits per heavy atom. The number of amides is 1. The standard InChI is InChI=1S/C9H12F3N5O/c1-16(5-9(10,11)12)8(18)7-4-17(15-14-7)6-2-13-3-6/h4,6,13H,2-3,5H2,1H3. The summed E-state index contributed by atoms with van der Waals surface area (Å²) in [7, 11) is 1.08. The molecule has 1 saturated heterocycles. The van der Waals surface area contributed by atoms with Gasteiger partial charge in [0.05, 0.1) is 12.2 Å². The van der Waals surface area contributed by atoms with E-state index in [-0.39, 0.29) is 11.7 Å². The lowest BCUT2D eigenvalue weighted by molar-refractivity contribution is -0.138. The quantitative estimate of drug-likeness (QED) is 0.837. The van der Waals surface area contributed by atoms with E-state index in [0.29, 0.717) is 4.90 Å². The average molecular weight is 263 g/mol. The van der Waals surface area contributed by atoms with Crippen molar-refractivity contribution >= 4 is 5.91 Å². The van der Waals surface area contributed by atoms with Crippen molar-refractivity contribution in [3.8, 4) is 0 Å². The maximum Gasteiger partial charge on any atom is 0.406 e. The normalized spacial score (nSPS) is 16.4. The van der Waals surface area contributed by atoms with Gasteiger partial charge in [-0.25, -0.2) is 4.68 Å². The summed E-state index contributed by atoms with van der Waals surface area (Å²) in [5.41, 5.74) is -0.0753. The van der Waals surface area contributed by atoms with Crippen molar-refractivity contribution in [3.63, 3.8) is 0 Å². The van der Waals surface area contributed by atoms with Crippen LogP contribution in [0, 0.1) is 0 Å². The predicted molar refractivity (Wildman–Crippen MR) is 54.9 cm³/mol. The second kappa shape index (κ2) is 4.56. The van der Waals surface area contributed by atoms with Crippen LogP contribution in [0.25, 0.3) is 0 Å². The molecule has 2 heterocycles. The summed E-state index contributed by atoms with van der Waals surface area (Å²) in [4.78, 5) is 12.2. The number of halogens is 3. The first-order valence-electron chi connectivity index (χ1n) is 5.31. The Morgan fingerprint density at radius 2 is 2.28 bits per heavy atom. The lowest BCUT2D eigenvalue weighted by Crippen LogP contribution is -2.43. The molecule has 0 bridgehead atoms. The zero-order chi connectivity index (χ0) is 13.3. The Balaban J connectivity index is 2.01. The first kappa shape index (κ1) is 12.8. The second-order valence-corrected chi connectivity index (χ2v) is 4.17. The highest BCUT2D eigenvalue weighted by atomic mass is 19.4. The van der Waals surface area contributed by atoms with Gasteiger partial charge in [0.25, 0.3) is 5.91 Å². The van der Waals surface area contributed by atoms with E-state index in [4.69, 9.17) is 0 Å². The zero-order valence-corrected chi connectivity index (χ0v) is 9.61. The van der Waals surface area contributed by atoms with Gasteiger partial charge >= 0.3 is 6.18 Å². The minimum absolute atomic E-state index is 0.0753. The number of rotatable bonds is 3. The molecule has 18 heavy (non-hydrogen) atoms. The maximum absolute atomic E-state index is 12.1. The molecule has 1 aliphatic rings. The number of alkyl halides is 3. The first-order chi connectivity index (χ1) is 8.37. The minimum atomic E-state index is -4.42. The topological polar surface area (TPSA) is 63.1 Å². The van der Waals surface area contributed by atoms with E-state index in [1.807, 2.05) is 0 Å². The monoisotopic (exact) mass is 263 g/mol. The van der Waals surface area contributed by atoms with Crippen LogP contribution in [0.4, 0.5) is 13.2 Å². The first-order valence-corrected chi connectivity index (χ1v) is 5.31. The van der Waals surface area contributed by atoms with Crippen LogP contribution >= 0.6 is 0 Å². The maximum atomic E-state index is 12.1. The third kappa shape index (κ3) is 2.78. The summed E-state index contributed by atoms with van der Waals surface area (Å²) in [6.07, 6.45) is -3.04. The predicted octanol–water partition coefficient (Wildman–Crippen LogP) is 0.0567. The van der Waals surface area contributed by atoms with E-state index in [9.17, 15) is 18.0 Å². The van der Waals surface area contributed by atoms with Crippen LogP contribution in [-0.4, -0.2) is 58.7 Å². The van der Waals surface area contributed by atoms with E-state index < -0.39 is 18.6 Å². The van der Waals surface area contributed by atoms with Crippen molar-refractivity contribution in [3.05, 3.63) is 11.9 Å². The molecule has 0 spiro atoms. The fraction of sp³-hybridized carbons (Fsp3) is 0.667. The van der Waals surface area contributed by atoms with Crippen LogP contribution in [0.5, 0.6) is 0 Å². The summed E-state index contributed by atoms with van der Waals surface area (Å²) in [6.45, 7) is 0.133. The number of hydrogen-bond donors (Lipinski definition) is 1. The molecule has 1 N–H and O–H groups in total. The molecule has 2 rings (SSSR count). The molecule has 1 aromatic heterocycles. The van der Waals surface area contributed by atoms with Crippen LogP contribution in [-0.2, 0) is 0 Å². The van der Waals surface area contributed by atoms with Crippen molar-refractivity contribution in [2.45, 2.75) is 12.2 Å². The molecule has 1 aromatic rings. The van der Waals surface area contributed by atoms with Crippen LogP contribution in [0.3, 0.4) is 0 Å². The molecular weight excluding hydrogens is 251 g/mol. The van der Waals surface area contributed by atoms with Gasteiger partial charge in [-0.05, 0) is 0 Å². The molecule has 1 fully saturated rings. The molecule has 0 saturated carbocycles. The third-order valence-corrected chi connectivity index (χ3v) is 2.63. The van der Waals surface area contributed by atoms with E-state index in [1.165, 1.54) is 10.9 Å². The van der Waals surface area contributed by atoms with Crippen molar-refractivity contribution in [1.82, 2.24) is 25.2 Å². The average Bonchev–Trinajstić information content (AvgIpc) is 2.60. The number of nitrogens with zero attached hydrogens (tertiary/aromatic N) is 4. The molecule has 0 unspecified atom stereocenters. The highest BCUT2D eigenvalue weighted by molar-refractivity contribution is 5.91. The smallest absolute Gasteiger partial charge is 0.331 e. The van der Waals surface area contributed by atoms with Crippen molar-refractivity contribution in [1.29, 1.82) is 0 Å². The summed E-state index contributed by atoms with van der Waals surface area (Å²) in [6, 6.07) is 0.118. The molecule has 0 aromatic carbocycles. The summed E-state index contributed by atoms with van der Waals surface area (Å²) in [5, 5.41) is 10.4. The van der Waals surface area contributed by atoms with Gasteiger partial charge in [-0.2, -0.15) is 13.2 Å². The fourth-order valence-corrected chi connectivity index (χ4v) is 1.55. The van der Waals surface area contributed by atoms with Crippen LogP contribution in [0.15, 0.2) is 6.20 Å². The van der Waals surface area contributed by atoms with Crippen molar-refractivity contribution in [2.24, 2.45) is 0 Å². The van der Waals surface area contributed by atoms with Gasteiger partial charge in [-0.1, -0.05) is 5.21 Å². The molecule has 9 heteroatoms. The van der Waals surface area contributed by atoms with Gasteiger partial charge in [0.2, 0.25) is 0 Å². The SMILES string of the molecule is CN(CC(F)(F)F)C(=O)c1cn(C2CNC2)nn1. The molecule has 6 nitrogen and oxygen atoms in total. The summed E-state index contributed by atoms with van der Waals surface area (Å²) in [5.74, 6) is -0.786. The Kier molecular flexibility index (Phi) is 3.24. The van der Waals surface area contributed by atoms with Gasteiger partial charge in [0.1, 0.15) is 6.54 Å². The Bertz CT molecular complexity index is 440. The van der Waals surface area contributed by atoms with Gasteiger partial charge in [-0.3, -0.25) is 4.79 Å². The molecule has 1 aliphatic heterocycles. The molecule has 100 valence electrons. The van der Waals surface area contributed by atoms with E-state index >= 15 is 0 Å². The number of hydrogen-bond acceptors (Lipinski definition) is 4. The number of carbonyl (C=O) groups is 1. The molecule has 0 aliphatic carbocycles. The largest absolute Gasteiger partial charge is 0.406 e. The van der Waals surface area contributed by atoms with Gasteiger partial charge in [0.15, 0.2) is 5.69 Å². The van der Waals surface area contributed by atoms with Crippen LogP contribution in [0.2, 0.25) is 0 Å². The lowest BCUT2D eigenvalue weighted by atomic mass is 10.2. The van der Waals surface area contributed by atoms with Crippen molar-refractivity contribution < 1.29 is 18.0 Å². The molecular formula is C9H12F3N5O. The zero-order valence-electron chi connectivity index (χ0n) is 9.61. The Hall–Kier alpha value is -1.64. The van der Waals surface area contributed by atoms with E-state index in [0.717, 1.165) is 20.1 Å². The van der Waals surface area contributed by atoms with Crippen LogP contribution in [0.1, 0.15) is 16.5 Å². The number of carbonyl (C=O) groups excluding carboxylic acids is 1. The fourth-order valence-electron chi connectivity index (χ4n) is 1.55. The highest BCUT2D eigenvalue weighted by Crippen LogP contribution is 2.17. The Labute approximate surface area is 101 Å². The number of nitrogens with one attached hydrogen (secondary N) is 1.